The maximum absolute atomic E-state index is 6.81. The molecule has 0 fully saturated rings. The van der Waals surface area contributed by atoms with Gasteiger partial charge in [0.25, 0.3) is 0 Å². The van der Waals surface area contributed by atoms with Crippen LogP contribution in [0.4, 0.5) is 0 Å². The summed E-state index contributed by atoms with van der Waals surface area (Å²) < 4.78 is 13.6. The minimum Gasteiger partial charge on any atom is -0.472 e. The van der Waals surface area contributed by atoms with Crippen molar-refractivity contribution < 1.29 is 9.05 Å². The van der Waals surface area contributed by atoms with Gasteiger partial charge in [-0.05, 0) is 89.7 Å². The smallest absolute Gasteiger partial charge is 0.127 e. The third-order valence-corrected chi connectivity index (χ3v) is 11.9. The van der Waals surface area contributed by atoms with Crippen LogP contribution in [-0.4, -0.2) is 0 Å². The molecule has 0 aliphatic rings. The average Bonchev–Trinajstić information content (AvgIpc) is 3.07. The van der Waals surface area contributed by atoms with E-state index in [2.05, 4.69) is 192 Å². The first-order chi connectivity index (χ1) is 24.3. The molecule has 270 valence electrons. The van der Waals surface area contributed by atoms with Gasteiger partial charge >= 0.3 is 0 Å². The molecule has 0 saturated heterocycles. The van der Waals surface area contributed by atoms with E-state index in [1.165, 1.54) is 65.5 Å². The van der Waals surface area contributed by atoms with Gasteiger partial charge in [-0.3, -0.25) is 0 Å². The average molecular weight is 727 g/mol. The molecular formula is C48H56O2P2. The van der Waals surface area contributed by atoms with Crippen molar-refractivity contribution in [2.75, 3.05) is 0 Å². The molecule has 2 nitrogen and oxygen atoms in total. The number of fused-ring (bicyclic) bond motifs is 2. The minimum absolute atomic E-state index is 0.0696. The van der Waals surface area contributed by atoms with Crippen LogP contribution in [0, 0.1) is 0 Å². The molecule has 0 N–H and O–H groups in total. The van der Waals surface area contributed by atoms with E-state index >= 15 is 0 Å². The Balaban J connectivity index is 1.31. The Hall–Kier alpha value is -3.70. The molecule has 4 heteroatoms. The van der Waals surface area contributed by atoms with Crippen molar-refractivity contribution in [3.63, 3.8) is 0 Å². The Morgan fingerprint density at radius 1 is 0.365 bits per heavy atom. The molecule has 6 aromatic carbocycles. The summed E-state index contributed by atoms with van der Waals surface area (Å²) in [5, 5.41) is 7.29. The van der Waals surface area contributed by atoms with E-state index in [-0.39, 0.29) is 39.3 Å². The zero-order valence-electron chi connectivity index (χ0n) is 33.2. The van der Waals surface area contributed by atoms with Crippen LogP contribution in [0.1, 0.15) is 105 Å². The summed E-state index contributed by atoms with van der Waals surface area (Å²) in [6, 6.07) is 40.2. The lowest BCUT2D eigenvalue weighted by atomic mass is 9.82. The van der Waals surface area contributed by atoms with Crippen molar-refractivity contribution in [1.29, 1.82) is 0 Å². The van der Waals surface area contributed by atoms with Gasteiger partial charge < -0.3 is 9.05 Å². The quantitative estimate of drug-likeness (QED) is 0.153. The van der Waals surface area contributed by atoms with Crippen molar-refractivity contribution in [3.05, 3.63) is 131 Å². The molecule has 0 bridgehead atoms. The molecule has 52 heavy (non-hydrogen) atoms. The van der Waals surface area contributed by atoms with Gasteiger partial charge in [-0.2, -0.15) is 0 Å². The molecule has 0 saturated carbocycles. The molecule has 6 aromatic rings. The Morgan fingerprint density at radius 3 is 1.08 bits per heavy atom. The van der Waals surface area contributed by atoms with Crippen molar-refractivity contribution in [3.8, 4) is 22.6 Å². The van der Waals surface area contributed by atoms with Gasteiger partial charge in [-0.1, -0.05) is 168 Å². The highest BCUT2D eigenvalue weighted by molar-refractivity contribution is 7.43. The number of hydrogen-bond acceptors (Lipinski definition) is 2. The van der Waals surface area contributed by atoms with E-state index in [0.717, 1.165) is 11.5 Å². The molecule has 0 aliphatic carbocycles. The second-order valence-corrected chi connectivity index (χ2v) is 20.2. The third-order valence-electron chi connectivity index (χ3n) is 9.91. The molecule has 6 rings (SSSR count). The predicted molar refractivity (Wildman–Crippen MR) is 232 cm³/mol. The van der Waals surface area contributed by atoms with Crippen LogP contribution >= 0.6 is 17.6 Å². The van der Waals surface area contributed by atoms with Gasteiger partial charge in [0.2, 0.25) is 0 Å². The molecule has 0 spiro atoms. The lowest BCUT2D eigenvalue weighted by Gasteiger charge is -2.25. The van der Waals surface area contributed by atoms with Crippen LogP contribution in [0.15, 0.2) is 109 Å². The van der Waals surface area contributed by atoms with Gasteiger partial charge in [-0.15, -0.1) is 0 Å². The first-order valence-corrected chi connectivity index (χ1v) is 20.3. The summed E-state index contributed by atoms with van der Waals surface area (Å²) in [5.41, 5.74) is 7.57. The molecule has 0 aliphatic heterocycles. The van der Waals surface area contributed by atoms with Crippen molar-refractivity contribution in [2.45, 2.75) is 105 Å². The topological polar surface area (TPSA) is 18.5 Å². The fraction of sp³-hybridized carbons (Fsp3) is 0.333. The van der Waals surface area contributed by atoms with Crippen LogP contribution in [0.25, 0.3) is 32.7 Å². The van der Waals surface area contributed by atoms with Crippen molar-refractivity contribution in [2.24, 2.45) is 0 Å². The monoisotopic (exact) mass is 726 g/mol. The summed E-state index contributed by atoms with van der Waals surface area (Å²) >= 11 is 0. The highest BCUT2D eigenvalue weighted by Gasteiger charge is 2.24. The Labute approximate surface area is 316 Å². The van der Waals surface area contributed by atoms with Crippen LogP contribution in [-0.2, 0) is 21.7 Å². The Bertz CT molecular complexity index is 2080. The SMILES string of the molecule is CC(C)(C)c1ccc2cc(OPc3ccccc3-c3ccccc3POc3cc4ccc(C(C)(C)C)cc4cc3C(C)(C)C)c(C(C)(C)C)cc2c1. The highest BCUT2D eigenvalue weighted by atomic mass is 31.1. The van der Waals surface area contributed by atoms with E-state index in [1.54, 1.807) is 0 Å². The van der Waals surface area contributed by atoms with E-state index < -0.39 is 0 Å². The number of benzene rings is 6. The molecule has 0 heterocycles. The first-order valence-electron chi connectivity index (χ1n) is 18.5. The second kappa shape index (κ2) is 14.3. The van der Waals surface area contributed by atoms with Gasteiger partial charge in [0.05, 0.1) is 0 Å². The number of hydrogen-bond donors (Lipinski definition) is 0. The summed E-state index contributed by atoms with van der Waals surface area (Å²) in [5.74, 6) is 1.91. The standard InChI is InChI=1S/C48H56O2P2/c1-45(2,3)35-23-21-31-29-41(39(47(7,8)9)27-33(31)25-35)49-51-43-19-15-13-17-37(43)38-18-14-16-20-44(38)52-50-42-30-32-22-24-36(46(4,5)6)26-34(32)28-40(42)48(10,11)12/h13-30,51-52H,1-12H3. The van der Waals surface area contributed by atoms with Crippen LogP contribution in [0.2, 0.25) is 0 Å². The Kier molecular flexibility index (Phi) is 10.4. The number of rotatable bonds is 7. The van der Waals surface area contributed by atoms with Gasteiger partial charge in [0, 0.05) is 21.7 Å². The fourth-order valence-corrected chi connectivity index (χ4v) is 8.42. The second-order valence-electron chi connectivity index (χ2n) is 18.3. The summed E-state index contributed by atoms with van der Waals surface area (Å²) in [6.07, 6.45) is 0. The summed E-state index contributed by atoms with van der Waals surface area (Å²) in [7, 11) is 0.298. The lowest BCUT2D eigenvalue weighted by Crippen LogP contribution is -2.14. The molecule has 2 atom stereocenters. The molecule has 2 unspecified atom stereocenters. The van der Waals surface area contributed by atoms with E-state index in [1.807, 2.05) is 0 Å². The lowest BCUT2D eigenvalue weighted by molar-refractivity contribution is 0.544. The minimum atomic E-state index is -0.0696. The van der Waals surface area contributed by atoms with Crippen molar-refractivity contribution in [1.82, 2.24) is 0 Å². The highest BCUT2D eigenvalue weighted by Crippen LogP contribution is 2.41. The summed E-state index contributed by atoms with van der Waals surface area (Å²) in [6.45, 7) is 27.3. The third kappa shape index (κ3) is 8.41. The Morgan fingerprint density at radius 2 is 0.731 bits per heavy atom. The van der Waals surface area contributed by atoms with Gasteiger partial charge in [0.1, 0.15) is 29.1 Å². The molecule has 0 radical (unpaired) electrons. The zero-order chi connectivity index (χ0) is 37.6. The van der Waals surface area contributed by atoms with Crippen molar-refractivity contribution >= 4 is 49.8 Å². The predicted octanol–water partition coefficient (Wildman–Crippen LogP) is 13.4. The van der Waals surface area contributed by atoms with E-state index in [4.69, 9.17) is 9.05 Å². The molecular weight excluding hydrogens is 670 g/mol. The van der Waals surface area contributed by atoms with E-state index in [0.29, 0.717) is 0 Å². The van der Waals surface area contributed by atoms with Gasteiger partial charge in [-0.25, -0.2) is 0 Å². The maximum Gasteiger partial charge on any atom is 0.127 e. The zero-order valence-corrected chi connectivity index (χ0v) is 35.2. The normalized spacial score (nSPS) is 13.2. The summed E-state index contributed by atoms with van der Waals surface area (Å²) in [4.78, 5) is 0. The largest absolute Gasteiger partial charge is 0.472 e. The molecule has 0 aromatic heterocycles. The van der Waals surface area contributed by atoms with Crippen LogP contribution < -0.4 is 19.7 Å². The first kappa shape index (κ1) is 38.0. The van der Waals surface area contributed by atoms with Gasteiger partial charge in [0.15, 0.2) is 0 Å². The maximum atomic E-state index is 6.81. The van der Waals surface area contributed by atoms with E-state index in [9.17, 15) is 0 Å². The fourth-order valence-electron chi connectivity index (χ4n) is 6.66. The van der Waals surface area contributed by atoms with Crippen LogP contribution in [0.3, 0.4) is 0 Å². The molecule has 0 amide bonds. The van der Waals surface area contributed by atoms with Crippen LogP contribution in [0.5, 0.6) is 11.5 Å².